The third-order valence-electron chi connectivity index (χ3n) is 3.11. The molecule has 0 aliphatic heterocycles. The molecule has 0 aliphatic rings. The summed E-state index contributed by atoms with van der Waals surface area (Å²) in [6.07, 6.45) is 1.29. The second-order valence-corrected chi connectivity index (χ2v) is 4.41. The van der Waals surface area contributed by atoms with Crippen molar-refractivity contribution < 1.29 is 23.1 Å². The quantitative estimate of drug-likeness (QED) is 0.886. The number of hydrogen-bond acceptors (Lipinski definition) is 2. The Bertz CT molecular complexity index is 747. The predicted molar refractivity (Wildman–Crippen MR) is 67.8 cm³/mol. The van der Waals surface area contributed by atoms with Gasteiger partial charge in [-0.3, -0.25) is 4.79 Å². The molecule has 1 unspecified atom stereocenters. The molecule has 2 rings (SSSR count). The van der Waals surface area contributed by atoms with E-state index >= 15 is 0 Å². The molecule has 0 radical (unpaired) electrons. The Balaban J connectivity index is 2.55. The fourth-order valence-electron chi connectivity index (χ4n) is 1.95. The molecule has 0 amide bonds. The van der Waals surface area contributed by atoms with Gasteiger partial charge < -0.3 is 9.67 Å². The van der Waals surface area contributed by atoms with Crippen molar-refractivity contribution in [1.82, 2.24) is 4.57 Å². The smallest absolute Gasteiger partial charge is 0.341 e. The molecule has 1 aromatic heterocycles. The molecule has 4 nitrogen and oxygen atoms in total. The number of rotatable bonds is 3. The topological polar surface area (TPSA) is 59.3 Å². The average Bonchev–Trinajstić information content (AvgIpc) is 2.43. The fourth-order valence-corrected chi connectivity index (χ4v) is 1.95. The maximum absolute atomic E-state index is 13.2. The van der Waals surface area contributed by atoms with E-state index in [1.54, 1.807) is 0 Å². The SMILES string of the molecule is CC(c1cc(F)c(F)c(F)c1)n1cccc(C(=O)O)c1=O. The monoisotopic (exact) mass is 297 g/mol. The number of pyridine rings is 1. The molecule has 21 heavy (non-hydrogen) atoms. The minimum absolute atomic E-state index is 0.0102. The van der Waals surface area contributed by atoms with Gasteiger partial charge in [0.25, 0.3) is 5.56 Å². The summed E-state index contributed by atoms with van der Waals surface area (Å²) in [5, 5.41) is 8.88. The minimum Gasteiger partial charge on any atom is -0.477 e. The van der Waals surface area contributed by atoms with Crippen LogP contribution < -0.4 is 5.56 Å². The highest BCUT2D eigenvalue weighted by Gasteiger charge is 2.18. The average molecular weight is 297 g/mol. The summed E-state index contributed by atoms with van der Waals surface area (Å²) in [6, 6.07) is 3.13. The second-order valence-electron chi connectivity index (χ2n) is 4.41. The molecule has 7 heteroatoms. The lowest BCUT2D eigenvalue weighted by atomic mass is 10.1. The van der Waals surface area contributed by atoms with Crippen molar-refractivity contribution in [3.63, 3.8) is 0 Å². The maximum atomic E-state index is 13.2. The molecule has 1 aromatic carbocycles. The van der Waals surface area contributed by atoms with Crippen molar-refractivity contribution >= 4 is 5.97 Å². The first kappa shape index (κ1) is 14.8. The highest BCUT2D eigenvalue weighted by atomic mass is 19.2. The Hall–Kier alpha value is -2.57. The molecule has 1 atom stereocenters. The van der Waals surface area contributed by atoms with E-state index in [2.05, 4.69) is 0 Å². The van der Waals surface area contributed by atoms with Crippen LogP contribution in [0.5, 0.6) is 0 Å². The Morgan fingerprint density at radius 2 is 1.81 bits per heavy atom. The van der Waals surface area contributed by atoms with E-state index in [0.29, 0.717) is 0 Å². The molecule has 1 N–H and O–H groups in total. The third kappa shape index (κ3) is 2.67. The summed E-state index contributed by atoms with van der Waals surface area (Å²) in [6.45, 7) is 1.44. The lowest BCUT2D eigenvalue weighted by Gasteiger charge is -2.16. The largest absolute Gasteiger partial charge is 0.477 e. The first-order chi connectivity index (χ1) is 9.82. The zero-order valence-electron chi connectivity index (χ0n) is 10.8. The van der Waals surface area contributed by atoms with Crippen LogP contribution in [0.4, 0.5) is 13.2 Å². The number of nitrogens with zero attached hydrogens (tertiary/aromatic N) is 1. The van der Waals surface area contributed by atoms with Gasteiger partial charge in [-0.25, -0.2) is 18.0 Å². The number of carboxylic acids is 1. The van der Waals surface area contributed by atoms with Crippen molar-refractivity contribution in [3.8, 4) is 0 Å². The Labute approximate surface area is 117 Å². The summed E-state index contributed by atoms with van der Waals surface area (Å²) in [4.78, 5) is 22.9. The normalized spacial score (nSPS) is 12.2. The summed E-state index contributed by atoms with van der Waals surface area (Å²) in [5.74, 6) is -5.76. The van der Waals surface area contributed by atoms with Gasteiger partial charge in [-0.05, 0) is 36.8 Å². The minimum atomic E-state index is -1.60. The van der Waals surface area contributed by atoms with Gasteiger partial charge in [-0.2, -0.15) is 0 Å². The Kier molecular flexibility index (Phi) is 3.84. The molecule has 110 valence electrons. The van der Waals surface area contributed by atoms with Crippen molar-refractivity contribution in [3.05, 3.63) is 69.4 Å². The van der Waals surface area contributed by atoms with Crippen molar-refractivity contribution in [1.29, 1.82) is 0 Å². The molecule has 0 fully saturated rings. The zero-order chi connectivity index (χ0) is 15.7. The van der Waals surface area contributed by atoms with Crippen LogP contribution in [0.15, 0.2) is 35.3 Å². The lowest BCUT2D eigenvalue weighted by molar-refractivity contribution is 0.0694. The third-order valence-corrected chi connectivity index (χ3v) is 3.11. The standard InChI is InChI=1S/C14H10F3NO3/c1-7(8-5-10(15)12(17)11(16)6-8)18-4-2-3-9(13(18)19)14(20)21/h2-7H,1H3,(H,20,21). The number of aromatic nitrogens is 1. The van der Waals surface area contributed by atoms with E-state index in [1.807, 2.05) is 0 Å². The van der Waals surface area contributed by atoms with E-state index in [-0.39, 0.29) is 5.56 Å². The van der Waals surface area contributed by atoms with E-state index in [9.17, 15) is 22.8 Å². The Morgan fingerprint density at radius 1 is 1.24 bits per heavy atom. The zero-order valence-corrected chi connectivity index (χ0v) is 10.8. The molecular weight excluding hydrogens is 287 g/mol. The van der Waals surface area contributed by atoms with Crippen LogP contribution in [0.1, 0.15) is 28.9 Å². The van der Waals surface area contributed by atoms with Gasteiger partial charge in [-0.15, -0.1) is 0 Å². The second kappa shape index (κ2) is 5.43. The van der Waals surface area contributed by atoms with E-state index in [4.69, 9.17) is 5.11 Å². The van der Waals surface area contributed by atoms with E-state index in [0.717, 1.165) is 22.8 Å². The number of carboxylic acid groups (broad SMARTS) is 1. The summed E-state index contributed by atoms with van der Waals surface area (Å²) in [7, 11) is 0. The molecule has 0 saturated carbocycles. The van der Waals surface area contributed by atoms with Gasteiger partial charge in [0.05, 0.1) is 6.04 Å². The van der Waals surface area contributed by atoms with Crippen LogP contribution in [0.3, 0.4) is 0 Å². The van der Waals surface area contributed by atoms with Crippen LogP contribution >= 0.6 is 0 Å². The summed E-state index contributed by atoms with van der Waals surface area (Å²) in [5.41, 5.74) is -1.27. The van der Waals surface area contributed by atoms with Gasteiger partial charge in [0, 0.05) is 6.20 Å². The molecular formula is C14H10F3NO3. The fraction of sp³-hybridized carbons (Fsp3) is 0.143. The van der Waals surface area contributed by atoms with E-state index < -0.39 is 40.6 Å². The van der Waals surface area contributed by atoms with Gasteiger partial charge >= 0.3 is 5.97 Å². The van der Waals surface area contributed by atoms with Gasteiger partial charge in [0.15, 0.2) is 17.5 Å². The first-order valence-corrected chi connectivity index (χ1v) is 5.91. The molecule has 0 bridgehead atoms. The Morgan fingerprint density at radius 3 is 2.33 bits per heavy atom. The molecule has 0 aliphatic carbocycles. The van der Waals surface area contributed by atoms with Crippen molar-refractivity contribution in [2.24, 2.45) is 0 Å². The van der Waals surface area contributed by atoms with Crippen molar-refractivity contribution in [2.45, 2.75) is 13.0 Å². The molecule has 2 aromatic rings. The number of benzene rings is 1. The maximum Gasteiger partial charge on any atom is 0.341 e. The molecule has 0 spiro atoms. The number of halogens is 3. The number of aromatic carboxylic acids is 1. The van der Waals surface area contributed by atoms with Crippen LogP contribution in [-0.4, -0.2) is 15.6 Å². The first-order valence-electron chi connectivity index (χ1n) is 5.91. The van der Waals surface area contributed by atoms with Crippen LogP contribution in [0, 0.1) is 17.5 Å². The summed E-state index contributed by atoms with van der Waals surface area (Å²) < 4.78 is 40.4. The predicted octanol–water partition coefficient (Wildman–Crippen LogP) is 2.57. The highest BCUT2D eigenvalue weighted by Crippen LogP contribution is 2.21. The molecule has 1 heterocycles. The number of carbonyl (C=O) groups is 1. The van der Waals surface area contributed by atoms with Crippen LogP contribution in [0.2, 0.25) is 0 Å². The van der Waals surface area contributed by atoms with Crippen LogP contribution in [-0.2, 0) is 0 Å². The molecule has 0 saturated heterocycles. The van der Waals surface area contributed by atoms with Gasteiger partial charge in [-0.1, -0.05) is 0 Å². The van der Waals surface area contributed by atoms with Gasteiger partial charge in [0.1, 0.15) is 5.56 Å². The summed E-state index contributed by atoms with van der Waals surface area (Å²) >= 11 is 0. The van der Waals surface area contributed by atoms with Gasteiger partial charge in [0.2, 0.25) is 0 Å². The van der Waals surface area contributed by atoms with Crippen LogP contribution in [0.25, 0.3) is 0 Å². The lowest BCUT2D eigenvalue weighted by Crippen LogP contribution is -2.28. The van der Waals surface area contributed by atoms with Crippen molar-refractivity contribution in [2.75, 3.05) is 0 Å². The highest BCUT2D eigenvalue weighted by molar-refractivity contribution is 5.87. The van der Waals surface area contributed by atoms with E-state index in [1.165, 1.54) is 19.2 Å². The number of hydrogen-bond donors (Lipinski definition) is 1.